The molecule has 0 unspecified atom stereocenters. The molecule has 0 spiro atoms. The van der Waals surface area contributed by atoms with E-state index in [0.717, 1.165) is 31.5 Å². The van der Waals surface area contributed by atoms with Crippen LogP contribution in [0.2, 0.25) is 0 Å². The summed E-state index contributed by atoms with van der Waals surface area (Å²) < 4.78 is 0. The van der Waals surface area contributed by atoms with E-state index in [2.05, 4.69) is 0 Å². The van der Waals surface area contributed by atoms with Crippen LogP contribution in [0.5, 0.6) is 11.5 Å². The highest BCUT2D eigenvalue weighted by atomic mass is 16.3. The predicted octanol–water partition coefficient (Wildman–Crippen LogP) is 0.590. The van der Waals surface area contributed by atoms with Gasteiger partial charge in [0.15, 0.2) is 11.5 Å². The molecule has 1 aromatic rings. The third kappa shape index (κ3) is 2.73. The number of nitrogens with zero attached hydrogens (tertiary/aromatic N) is 1. The minimum Gasteiger partial charge on any atom is -0.504 e. The maximum atomic E-state index is 12.0. The number of benzene rings is 1. The Bertz CT molecular complexity index is 442. The first kappa shape index (κ1) is 12.7. The van der Waals surface area contributed by atoms with Crippen LogP contribution in [0, 0.1) is 0 Å². The highest BCUT2D eigenvalue weighted by Gasteiger charge is 2.23. The largest absolute Gasteiger partial charge is 0.504 e. The molecule has 0 saturated carbocycles. The molecule has 1 saturated heterocycles. The zero-order valence-electron chi connectivity index (χ0n) is 10.2. The standard InChI is InChI=1S/C13H18N2O3/c14-10(13(18)15-5-1-2-6-15)7-9-3-4-11(16)12(17)8-9/h3-4,8,10,16-17H,1-2,5-7,14H2/t10-/m0/s1. The lowest BCUT2D eigenvalue weighted by atomic mass is 10.0. The molecule has 2 rings (SSSR count). The zero-order valence-corrected chi connectivity index (χ0v) is 10.2. The van der Waals surface area contributed by atoms with Crippen molar-refractivity contribution in [3.05, 3.63) is 23.8 Å². The number of aromatic hydroxyl groups is 2. The van der Waals surface area contributed by atoms with Gasteiger partial charge < -0.3 is 20.8 Å². The average molecular weight is 250 g/mol. The highest BCUT2D eigenvalue weighted by molar-refractivity contribution is 5.82. The zero-order chi connectivity index (χ0) is 13.1. The Balaban J connectivity index is 1.99. The average Bonchev–Trinajstić information content (AvgIpc) is 2.86. The number of hydrogen-bond acceptors (Lipinski definition) is 4. The number of phenolic OH excluding ortho intramolecular Hbond substituents is 2. The van der Waals surface area contributed by atoms with Gasteiger partial charge in [0.05, 0.1) is 6.04 Å². The van der Waals surface area contributed by atoms with Gasteiger partial charge in [0.1, 0.15) is 0 Å². The van der Waals surface area contributed by atoms with Crippen LogP contribution >= 0.6 is 0 Å². The predicted molar refractivity (Wildman–Crippen MR) is 67.3 cm³/mol. The van der Waals surface area contributed by atoms with E-state index in [1.54, 1.807) is 11.0 Å². The number of carbonyl (C=O) groups is 1. The topological polar surface area (TPSA) is 86.8 Å². The molecule has 1 aliphatic heterocycles. The molecule has 4 N–H and O–H groups in total. The van der Waals surface area contributed by atoms with Crippen molar-refractivity contribution in [2.75, 3.05) is 13.1 Å². The molecule has 1 aromatic carbocycles. The van der Waals surface area contributed by atoms with E-state index in [0.29, 0.717) is 6.42 Å². The summed E-state index contributed by atoms with van der Waals surface area (Å²) in [6.45, 7) is 1.57. The second-order valence-corrected chi connectivity index (χ2v) is 4.67. The van der Waals surface area contributed by atoms with Crippen LogP contribution in [0.25, 0.3) is 0 Å². The molecule has 1 fully saturated rings. The van der Waals surface area contributed by atoms with Gasteiger partial charge in [0.25, 0.3) is 0 Å². The highest BCUT2D eigenvalue weighted by Crippen LogP contribution is 2.25. The number of nitrogens with two attached hydrogens (primary N) is 1. The quantitative estimate of drug-likeness (QED) is 0.685. The van der Waals surface area contributed by atoms with Crippen molar-refractivity contribution < 1.29 is 15.0 Å². The second kappa shape index (κ2) is 5.27. The van der Waals surface area contributed by atoms with Gasteiger partial charge in [0.2, 0.25) is 5.91 Å². The van der Waals surface area contributed by atoms with Crippen molar-refractivity contribution in [1.29, 1.82) is 0 Å². The van der Waals surface area contributed by atoms with E-state index >= 15 is 0 Å². The molecule has 1 aliphatic rings. The summed E-state index contributed by atoms with van der Waals surface area (Å²) in [5.41, 5.74) is 6.62. The fourth-order valence-corrected chi connectivity index (χ4v) is 2.21. The van der Waals surface area contributed by atoms with Gasteiger partial charge in [-0.2, -0.15) is 0 Å². The number of rotatable bonds is 3. The SMILES string of the molecule is N[C@@H](Cc1ccc(O)c(O)c1)C(=O)N1CCCC1. The van der Waals surface area contributed by atoms with Gasteiger partial charge in [-0.15, -0.1) is 0 Å². The maximum absolute atomic E-state index is 12.0. The summed E-state index contributed by atoms with van der Waals surface area (Å²) in [6, 6.07) is 3.91. The maximum Gasteiger partial charge on any atom is 0.239 e. The van der Waals surface area contributed by atoms with Crippen molar-refractivity contribution in [3.8, 4) is 11.5 Å². The van der Waals surface area contributed by atoms with Gasteiger partial charge in [-0.05, 0) is 37.0 Å². The molecule has 0 aliphatic carbocycles. The van der Waals surface area contributed by atoms with E-state index in [1.165, 1.54) is 12.1 Å². The molecular weight excluding hydrogens is 232 g/mol. The third-order valence-corrected chi connectivity index (χ3v) is 3.23. The van der Waals surface area contributed by atoms with Crippen LogP contribution in [0.3, 0.4) is 0 Å². The smallest absolute Gasteiger partial charge is 0.239 e. The fourth-order valence-electron chi connectivity index (χ4n) is 2.21. The summed E-state index contributed by atoms with van der Waals surface area (Å²) in [7, 11) is 0. The van der Waals surface area contributed by atoms with Crippen molar-refractivity contribution in [3.63, 3.8) is 0 Å². The summed E-state index contributed by atoms with van der Waals surface area (Å²) in [5.74, 6) is -0.397. The lowest BCUT2D eigenvalue weighted by molar-refractivity contribution is -0.131. The van der Waals surface area contributed by atoms with Crippen LogP contribution in [-0.2, 0) is 11.2 Å². The molecule has 1 heterocycles. The van der Waals surface area contributed by atoms with Crippen LogP contribution in [-0.4, -0.2) is 40.2 Å². The lowest BCUT2D eigenvalue weighted by Crippen LogP contribution is -2.43. The molecule has 5 nitrogen and oxygen atoms in total. The molecule has 1 atom stereocenters. The Morgan fingerprint density at radius 2 is 1.94 bits per heavy atom. The minimum absolute atomic E-state index is 0.0416. The van der Waals surface area contributed by atoms with Crippen molar-refractivity contribution in [1.82, 2.24) is 4.90 Å². The Morgan fingerprint density at radius 3 is 2.56 bits per heavy atom. The first-order valence-electron chi connectivity index (χ1n) is 6.13. The molecular formula is C13H18N2O3. The van der Waals surface area contributed by atoms with Gasteiger partial charge in [-0.1, -0.05) is 6.07 Å². The molecule has 1 amide bonds. The lowest BCUT2D eigenvalue weighted by Gasteiger charge is -2.20. The second-order valence-electron chi connectivity index (χ2n) is 4.67. The molecule has 18 heavy (non-hydrogen) atoms. The number of phenols is 2. The van der Waals surface area contributed by atoms with Crippen molar-refractivity contribution in [2.45, 2.75) is 25.3 Å². The van der Waals surface area contributed by atoms with E-state index in [9.17, 15) is 15.0 Å². The van der Waals surface area contributed by atoms with Crippen molar-refractivity contribution in [2.24, 2.45) is 5.73 Å². The van der Waals surface area contributed by atoms with E-state index in [-0.39, 0.29) is 17.4 Å². The Labute approximate surface area is 106 Å². The van der Waals surface area contributed by atoms with Gasteiger partial charge >= 0.3 is 0 Å². The minimum atomic E-state index is -0.591. The van der Waals surface area contributed by atoms with E-state index in [4.69, 9.17) is 5.73 Å². The number of carbonyl (C=O) groups excluding carboxylic acids is 1. The monoisotopic (exact) mass is 250 g/mol. The van der Waals surface area contributed by atoms with Gasteiger partial charge in [-0.25, -0.2) is 0 Å². The Morgan fingerprint density at radius 1 is 1.28 bits per heavy atom. The van der Waals surface area contributed by atoms with Crippen LogP contribution < -0.4 is 5.73 Å². The number of hydrogen-bond donors (Lipinski definition) is 3. The van der Waals surface area contributed by atoms with Crippen LogP contribution in [0.1, 0.15) is 18.4 Å². The number of amides is 1. The van der Waals surface area contributed by atoms with Gasteiger partial charge in [0, 0.05) is 13.1 Å². The van der Waals surface area contributed by atoms with E-state index in [1.807, 2.05) is 0 Å². The third-order valence-electron chi connectivity index (χ3n) is 3.23. The van der Waals surface area contributed by atoms with Crippen LogP contribution in [0.4, 0.5) is 0 Å². The first-order chi connectivity index (χ1) is 8.58. The molecule has 5 heteroatoms. The summed E-state index contributed by atoms with van der Waals surface area (Å²) in [4.78, 5) is 13.8. The molecule has 0 radical (unpaired) electrons. The van der Waals surface area contributed by atoms with Crippen molar-refractivity contribution >= 4 is 5.91 Å². The van der Waals surface area contributed by atoms with Crippen LogP contribution in [0.15, 0.2) is 18.2 Å². The summed E-state index contributed by atoms with van der Waals surface area (Å²) in [5, 5.41) is 18.6. The summed E-state index contributed by atoms with van der Waals surface area (Å²) >= 11 is 0. The molecule has 98 valence electrons. The summed E-state index contributed by atoms with van der Waals surface area (Å²) in [6.07, 6.45) is 2.44. The number of likely N-dealkylation sites (tertiary alicyclic amines) is 1. The molecule has 0 bridgehead atoms. The van der Waals surface area contributed by atoms with E-state index < -0.39 is 6.04 Å². The first-order valence-corrected chi connectivity index (χ1v) is 6.13. The Kier molecular flexibility index (Phi) is 3.72. The molecule has 0 aromatic heterocycles. The fraction of sp³-hybridized carbons (Fsp3) is 0.462. The Hall–Kier alpha value is -1.75. The van der Waals surface area contributed by atoms with Gasteiger partial charge in [-0.3, -0.25) is 4.79 Å². The normalized spacial score (nSPS) is 16.8.